The van der Waals surface area contributed by atoms with Gasteiger partial charge < -0.3 is 10.1 Å². The van der Waals surface area contributed by atoms with Gasteiger partial charge in [-0.05, 0) is 19.8 Å². The second-order valence-electron chi connectivity index (χ2n) is 4.86. The first-order valence-corrected chi connectivity index (χ1v) is 8.43. The van der Waals surface area contributed by atoms with Crippen molar-refractivity contribution in [3.05, 3.63) is 16.1 Å². The van der Waals surface area contributed by atoms with Gasteiger partial charge in [0.25, 0.3) is 5.91 Å². The Balaban J connectivity index is 2.63. The first-order chi connectivity index (χ1) is 10.1. The van der Waals surface area contributed by atoms with Gasteiger partial charge >= 0.3 is 5.97 Å². The van der Waals surface area contributed by atoms with Crippen molar-refractivity contribution in [3.63, 3.8) is 0 Å². The minimum absolute atomic E-state index is 0.176. The molecule has 118 valence electrons. The molecule has 0 saturated heterocycles. The predicted octanol–water partition coefficient (Wildman–Crippen LogP) is 3.41. The topological polar surface area (TPSA) is 68.3 Å². The molecule has 0 radical (unpaired) electrons. The molecule has 0 saturated carbocycles. The van der Waals surface area contributed by atoms with Gasteiger partial charge in [-0.2, -0.15) is 0 Å². The molecular formula is C15H24N2O3S. The minimum atomic E-state index is -0.474. The highest BCUT2D eigenvalue weighted by Gasteiger charge is 2.18. The van der Waals surface area contributed by atoms with Gasteiger partial charge in [0, 0.05) is 11.4 Å². The van der Waals surface area contributed by atoms with Crippen LogP contribution in [0, 0.1) is 0 Å². The molecule has 1 amide bonds. The second kappa shape index (κ2) is 9.50. The molecule has 0 aliphatic rings. The van der Waals surface area contributed by atoms with Gasteiger partial charge in [0.2, 0.25) is 5.01 Å². The van der Waals surface area contributed by atoms with Crippen molar-refractivity contribution < 1.29 is 14.3 Å². The zero-order valence-corrected chi connectivity index (χ0v) is 13.8. The number of amides is 1. The fraction of sp³-hybridized carbons (Fsp3) is 0.667. The molecule has 0 bridgehead atoms. The van der Waals surface area contributed by atoms with E-state index >= 15 is 0 Å². The number of rotatable bonds is 9. The number of esters is 1. The van der Waals surface area contributed by atoms with Crippen LogP contribution >= 0.6 is 11.3 Å². The summed E-state index contributed by atoms with van der Waals surface area (Å²) in [5.41, 5.74) is 0.292. The average molecular weight is 312 g/mol. The van der Waals surface area contributed by atoms with E-state index in [0.717, 1.165) is 43.4 Å². The van der Waals surface area contributed by atoms with E-state index in [1.54, 1.807) is 12.3 Å². The molecule has 1 aromatic heterocycles. The lowest BCUT2D eigenvalue weighted by Crippen LogP contribution is -2.35. The number of hydrogen-bond acceptors (Lipinski definition) is 5. The second-order valence-corrected chi connectivity index (χ2v) is 5.72. The van der Waals surface area contributed by atoms with Crippen molar-refractivity contribution in [1.82, 2.24) is 10.3 Å². The zero-order chi connectivity index (χ0) is 15.7. The maximum atomic E-state index is 12.2. The summed E-state index contributed by atoms with van der Waals surface area (Å²) in [6.45, 7) is 6.28. The third-order valence-corrected chi connectivity index (χ3v) is 3.89. The van der Waals surface area contributed by atoms with Crippen LogP contribution in [0.15, 0.2) is 5.38 Å². The number of aromatic nitrogens is 1. The van der Waals surface area contributed by atoms with Crippen LogP contribution in [0.1, 0.15) is 73.2 Å². The van der Waals surface area contributed by atoms with Crippen molar-refractivity contribution in [2.45, 2.75) is 58.9 Å². The van der Waals surface area contributed by atoms with Crippen molar-refractivity contribution in [2.24, 2.45) is 0 Å². The third kappa shape index (κ3) is 5.83. The van der Waals surface area contributed by atoms with E-state index in [9.17, 15) is 9.59 Å². The van der Waals surface area contributed by atoms with E-state index < -0.39 is 5.97 Å². The molecule has 1 rings (SSSR count). The number of nitrogens with one attached hydrogen (secondary N) is 1. The van der Waals surface area contributed by atoms with Gasteiger partial charge in [-0.15, -0.1) is 11.3 Å². The van der Waals surface area contributed by atoms with Gasteiger partial charge in [-0.1, -0.05) is 33.1 Å². The molecule has 5 nitrogen and oxygen atoms in total. The van der Waals surface area contributed by atoms with Crippen LogP contribution in [0.3, 0.4) is 0 Å². The van der Waals surface area contributed by atoms with E-state index in [-0.39, 0.29) is 17.0 Å². The zero-order valence-electron chi connectivity index (χ0n) is 13.0. The maximum absolute atomic E-state index is 12.2. The predicted molar refractivity (Wildman–Crippen MR) is 83.8 cm³/mol. The molecule has 1 N–H and O–H groups in total. The summed E-state index contributed by atoms with van der Waals surface area (Å²) in [6.07, 6.45) is 5.17. The Morgan fingerprint density at radius 2 is 2.05 bits per heavy atom. The lowest BCUT2D eigenvalue weighted by Gasteiger charge is -2.17. The van der Waals surface area contributed by atoms with E-state index in [4.69, 9.17) is 4.74 Å². The molecule has 0 fully saturated rings. The van der Waals surface area contributed by atoms with Crippen molar-refractivity contribution in [2.75, 3.05) is 6.61 Å². The Morgan fingerprint density at radius 1 is 1.29 bits per heavy atom. The first-order valence-electron chi connectivity index (χ1n) is 7.55. The molecular weight excluding hydrogens is 288 g/mol. The Bertz CT molecular complexity index is 460. The van der Waals surface area contributed by atoms with Crippen LogP contribution in [0.5, 0.6) is 0 Å². The van der Waals surface area contributed by atoms with Gasteiger partial charge in [0.05, 0.1) is 6.61 Å². The average Bonchev–Trinajstić information content (AvgIpc) is 2.95. The highest BCUT2D eigenvalue weighted by atomic mass is 32.1. The minimum Gasteiger partial charge on any atom is -0.461 e. The molecule has 1 atom stereocenters. The fourth-order valence-electron chi connectivity index (χ4n) is 2.01. The number of ether oxygens (including phenoxy) is 1. The first kappa shape index (κ1) is 17.6. The Hall–Kier alpha value is -1.43. The Labute approximate surface area is 130 Å². The summed E-state index contributed by atoms with van der Waals surface area (Å²) in [5, 5.41) is 4.83. The summed E-state index contributed by atoms with van der Waals surface area (Å²) >= 11 is 1.14. The number of hydrogen-bond donors (Lipinski definition) is 1. The van der Waals surface area contributed by atoms with Crippen LogP contribution in [0.25, 0.3) is 0 Å². The molecule has 0 aliphatic carbocycles. The smallest absolute Gasteiger partial charge is 0.367 e. The van der Waals surface area contributed by atoms with E-state index in [1.165, 1.54) is 0 Å². The molecule has 1 aromatic rings. The number of unbranched alkanes of at least 4 members (excludes halogenated alkanes) is 1. The van der Waals surface area contributed by atoms with Crippen molar-refractivity contribution >= 4 is 23.2 Å². The standard InChI is InChI=1S/C15H24N2O3S/c1-4-7-9-11(8-5-2)16-13(18)12-10-21-14(17-12)15(19)20-6-3/h10-11H,4-9H2,1-3H3,(H,16,18). The van der Waals surface area contributed by atoms with E-state index in [0.29, 0.717) is 12.3 Å². The van der Waals surface area contributed by atoms with Crippen molar-refractivity contribution in [1.29, 1.82) is 0 Å². The van der Waals surface area contributed by atoms with Gasteiger partial charge in [0.15, 0.2) is 0 Å². The molecule has 0 aromatic carbocycles. The fourth-order valence-corrected chi connectivity index (χ4v) is 2.70. The Morgan fingerprint density at radius 3 is 2.67 bits per heavy atom. The molecule has 1 heterocycles. The summed E-state index contributed by atoms with van der Waals surface area (Å²) in [5.74, 6) is -0.686. The summed E-state index contributed by atoms with van der Waals surface area (Å²) in [6, 6.07) is 0.176. The van der Waals surface area contributed by atoms with Crippen LogP contribution in [0.2, 0.25) is 0 Å². The molecule has 21 heavy (non-hydrogen) atoms. The van der Waals surface area contributed by atoms with Crippen LogP contribution in [-0.2, 0) is 4.74 Å². The summed E-state index contributed by atoms with van der Waals surface area (Å²) < 4.78 is 4.87. The molecule has 1 unspecified atom stereocenters. The Kier molecular flexibility index (Phi) is 7.97. The van der Waals surface area contributed by atoms with Gasteiger partial charge in [-0.3, -0.25) is 4.79 Å². The van der Waals surface area contributed by atoms with Crippen LogP contribution < -0.4 is 5.32 Å². The van der Waals surface area contributed by atoms with Crippen LogP contribution in [-0.4, -0.2) is 29.5 Å². The van der Waals surface area contributed by atoms with E-state index in [2.05, 4.69) is 24.1 Å². The normalized spacial score (nSPS) is 12.0. The third-order valence-electron chi connectivity index (χ3n) is 3.07. The molecule has 6 heteroatoms. The number of nitrogens with zero attached hydrogens (tertiary/aromatic N) is 1. The maximum Gasteiger partial charge on any atom is 0.367 e. The quantitative estimate of drug-likeness (QED) is 0.710. The van der Waals surface area contributed by atoms with Gasteiger partial charge in [0.1, 0.15) is 5.69 Å². The van der Waals surface area contributed by atoms with Crippen LogP contribution in [0.4, 0.5) is 0 Å². The monoisotopic (exact) mass is 312 g/mol. The lowest BCUT2D eigenvalue weighted by atomic mass is 10.1. The number of thiazole rings is 1. The largest absolute Gasteiger partial charge is 0.461 e. The molecule has 0 aliphatic heterocycles. The highest BCUT2D eigenvalue weighted by molar-refractivity contribution is 7.11. The SMILES string of the molecule is CCCCC(CCC)NC(=O)c1csc(C(=O)OCC)n1. The summed E-state index contributed by atoms with van der Waals surface area (Å²) in [4.78, 5) is 27.8. The number of carbonyl (C=O) groups excluding carboxylic acids is 2. The van der Waals surface area contributed by atoms with Crippen molar-refractivity contribution in [3.8, 4) is 0 Å². The van der Waals surface area contributed by atoms with E-state index in [1.807, 2.05) is 0 Å². The molecule has 0 spiro atoms. The lowest BCUT2D eigenvalue weighted by molar-refractivity contribution is 0.0526. The summed E-state index contributed by atoms with van der Waals surface area (Å²) in [7, 11) is 0. The highest BCUT2D eigenvalue weighted by Crippen LogP contribution is 2.13. The van der Waals surface area contributed by atoms with Gasteiger partial charge in [-0.25, -0.2) is 9.78 Å². The number of carbonyl (C=O) groups is 2.